The smallest absolute Gasteiger partial charge is 0.407 e. The molecule has 120 valence electrons. The van der Waals surface area contributed by atoms with Crippen LogP contribution >= 0.6 is 0 Å². The van der Waals surface area contributed by atoms with Gasteiger partial charge in [-0.15, -0.1) is 0 Å². The van der Waals surface area contributed by atoms with E-state index >= 15 is 0 Å². The Morgan fingerprint density at radius 3 is 2.82 bits per heavy atom. The van der Waals surface area contributed by atoms with E-state index in [4.69, 9.17) is 4.74 Å². The SMILES string of the molecule is CCOC(=O)N[C@@H]1CCCN(C(=O)c2ccc(F)c(F)c2)C1. The number of amides is 2. The van der Waals surface area contributed by atoms with E-state index in [0.29, 0.717) is 19.5 Å². The largest absolute Gasteiger partial charge is 0.450 e. The Bertz CT molecular complexity index is 566. The van der Waals surface area contributed by atoms with Gasteiger partial charge in [0.15, 0.2) is 11.6 Å². The second-order valence-electron chi connectivity index (χ2n) is 5.08. The molecule has 1 aromatic rings. The second kappa shape index (κ2) is 7.20. The van der Waals surface area contributed by atoms with Gasteiger partial charge in [0.2, 0.25) is 0 Å². The minimum Gasteiger partial charge on any atom is -0.450 e. The molecule has 22 heavy (non-hydrogen) atoms. The van der Waals surface area contributed by atoms with Gasteiger partial charge in [0.1, 0.15) is 0 Å². The van der Waals surface area contributed by atoms with E-state index in [0.717, 1.165) is 18.6 Å². The monoisotopic (exact) mass is 312 g/mol. The number of nitrogens with one attached hydrogen (secondary N) is 1. The van der Waals surface area contributed by atoms with Crippen LogP contribution in [0.2, 0.25) is 0 Å². The number of halogens is 2. The van der Waals surface area contributed by atoms with E-state index in [1.807, 2.05) is 0 Å². The highest BCUT2D eigenvalue weighted by atomic mass is 19.2. The van der Waals surface area contributed by atoms with Crippen molar-refractivity contribution >= 4 is 12.0 Å². The van der Waals surface area contributed by atoms with E-state index in [1.54, 1.807) is 6.92 Å². The van der Waals surface area contributed by atoms with Gasteiger partial charge in [0, 0.05) is 24.7 Å². The van der Waals surface area contributed by atoms with E-state index in [2.05, 4.69) is 5.32 Å². The quantitative estimate of drug-likeness (QED) is 0.932. The minimum atomic E-state index is -1.05. The number of rotatable bonds is 3. The predicted molar refractivity (Wildman–Crippen MR) is 75.4 cm³/mol. The lowest BCUT2D eigenvalue weighted by molar-refractivity contribution is 0.0685. The third kappa shape index (κ3) is 3.93. The number of benzene rings is 1. The summed E-state index contributed by atoms with van der Waals surface area (Å²) in [6.07, 6.45) is 0.932. The normalized spacial score (nSPS) is 18.0. The fourth-order valence-corrected chi connectivity index (χ4v) is 2.43. The van der Waals surface area contributed by atoms with Crippen molar-refractivity contribution in [2.75, 3.05) is 19.7 Å². The molecule has 1 fully saturated rings. The van der Waals surface area contributed by atoms with Gasteiger partial charge in [0.25, 0.3) is 5.91 Å². The molecule has 1 atom stereocenters. The molecule has 7 heteroatoms. The summed E-state index contributed by atoms with van der Waals surface area (Å²) in [4.78, 5) is 25.2. The molecule has 1 aliphatic rings. The Hall–Kier alpha value is -2.18. The van der Waals surface area contributed by atoms with Gasteiger partial charge in [-0.05, 0) is 38.0 Å². The van der Waals surface area contributed by atoms with Gasteiger partial charge in [-0.2, -0.15) is 0 Å². The molecule has 1 saturated heterocycles. The first-order chi connectivity index (χ1) is 10.5. The van der Waals surface area contributed by atoms with Crippen LogP contribution < -0.4 is 5.32 Å². The molecule has 1 aromatic carbocycles. The van der Waals surface area contributed by atoms with Crippen LogP contribution in [0.25, 0.3) is 0 Å². The molecular formula is C15H18F2N2O3. The Balaban J connectivity index is 2.00. The first-order valence-corrected chi connectivity index (χ1v) is 7.19. The number of likely N-dealkylation sites (tertiary alicyclic amines) is 1. The van der Waals surface area contributed by atoms with E-state index < -0.39 is 17.7 Å². The molecule has 0 saturated carbocycles. The van der Waals surface area contributed by atoms with Gasteiger partial charge in [-0.1, -0.05) is 0 Å². The lowest BCUT2D eigenvalue weighted by Gasteiger charge is -2.33. The third-order valence-corrected chi connectivity index (χ3v) is 3.47. The van der Waals surface area contributed by atoms with Crippen LogP contribution in [0.1, 0.15) is 30.1 Å². The molecule has 2 rings (SSSR count). The number of carbonyl (C=O) groups is 2. The maximum absolute atomic E-state index is 13.2. The molecule has 0 aliphatic carbocycles. The topological polar surface area (TPSA) is 58.6 Å². The molecule has 0 aromatic heterocycles. The van der Waals surface area contributed by atoms with E-state index in [9.17, 15) is 18.4 Å². The van der Waals surface area contributed by atoms with Crippen molar-refractivity contribution in [3.05, 3.63) is 35.4 Å². The molecular weight excluding hydrogens is 294 g/mol. The summed E-state index contributed by atoms with van der Waals surface area (Å²) in [7, 11) is 0. The molecule has 1 aliphatic heterocycles. The zero-order valence-electron chi connectivity index (χ0n) is 12.3. The molecule has 1 N–H and O–H groups in total. The van der Waals surface area contributed by atoms with Crippen molar-refractivity contribution in [2.24, 2.45) is 0 Å². The first-order valence-electron chi connectivity index (χ1n) is 7.19. The van der Waals surface area contributed by atoms with Crippen LogP contribution in [-0.4, -0.2) is 42.6 Å². The maximum atomic E-state index is 13.2. The number of hydrogen-bond acceptors (Lipinski definition) is 3. The lowest BCUT2D eigenvalue weighted by atomic mass is 10.0. The average molecular weight is 312 g/mol. The number of carbonyl (C=O) groups excluding carboxylic acids is 2. The van der Waals surface area contributed by atoms with Crippen molar-refractivity contribution < 1.29 is 23.1 Å². The van der Waals surface area contributed by atoms with E-state index in [-0.39, 0.29) is 24.1 Å². The van der Waals surface area contributed by atoms with Crippen LogP contribution in [0.15, 0.2) is 18.2 Å². The second-order valence-corrected chi connectivity index (χ2v) is 5.08. The Labute approximate surface area is 127 Å². The summed E-state index contributed by atoms with van der Waals surface area (Å²) in [6.45, 7) is 2.81. The lowest BCUT2D eigenvalue weighted by Crippen LogP contribution is -2.49. The molecule has 0 unspecified atom stereocenters. The zero-order chi connectivity index (χ0) is 16.1. The fourth-order valence-electron chi connectivity index (χ4n) is 2.43. The van der Waals surface area contributed by atoms with Gasteiger partial charge in [0.05, 0.1) is 6.61 Å². The molecule has 0 spiro atoms. The number of hydrogen-bond donors (Lipinski definition) is 1. The summed E-state index contributed by atoms with van der Waals surface area (Å²) in [5, 5.41) is 2.69. The van der Waals surface area contributed by atoms with Gasteiger partial charge < -0.3 is 15.0 Å². The van der Waals surface area contributed by atoms with Crippen molar-refractivity contribution in [3.63, 3.8) is 0 Å². The Kier molecular flexibility index (Phi) is 5.30. The highest BCUT2D eigenvalue weighted by Crippen LogP contribution is 2.16. The van der Waals surface area contributed by atoms with Gasteiger partial charge in [-0.25, -0.2) is 13.6 Å². The number of nitrogens with zero attached hydrogens (tertiary/aromatic N) is 1. The number of piperidine rings is 1. The minimum absolute atomic E-state index is 0.0932. The number of ether oxygens (including phenoxy) is 1. The van der Waals surface area contributed by atoms with Crippen LogP contribution in [-0.2, 0) is 4.74 Å². The standard InChI is InChI=1S/C15H18F2N2O3/c1-2-22-15(21)18-11-4-3-7-19(9-11)14(20)10-5-6-12(16)13(17)8-10/h5-6,8,11H,2-4,7,9H2,1H3,(H,18,21)/t11-/m1/s1. The summed E-state index contributed by atoms with van der Waals surface area (Å²) < 4.78 is 31.0. The third-order valence-electron chi connectivity index (χ3n) is 3.47. The Morgan fingerprint density at radius 2 is 2.14 bits per heavy atom. The molecule has 2 amide bonds. The predicted octanol–water partition coefficient (Wildman–Crippen LogP) is 2.32. The summed E-state index contributed by atoms with van der Waals surface area (Å²) in [5.41, 5.74) is 0.0932. The van der Waals surface area contributed by atoms with E-state index in [1.165, 1.54) is 11.0 Å². The maximum Gasteiger partial charge on any atom is 0.407 e. The molecule has 1 heterocycles. The van der Waals surface area contributed by atoms with Crippen LogP contribution in [0.4, 0.5) is 13.6 Å². The van der Waals surface area contributed by atoms with Crippen molar-refractivity contribution in [2.45, 2.75) is 25.8 Å². The fraction of sp³-hybridized carbons (Fsp3) is 0.467. The molecule has 0 radical (unpaired) electrons. The molecule has 0 bridgehead atoms. The molecule has 5 nitrogen and oxygen atoms in total. The summed E-state index contributed by atoms with van der Waals surface area (Å²) in [6, 6.07) is 2.87. The van der Waals surface area contributed by atoms with Crippen LogP contribution in [0.3, 0.4) is 0 Å². The highest BCUT2D eigenvalue weighted by molar-refractivity contribution is 5.94. The van der Waals surface area contributed by atoms with Gasteiger partial charge >= 0.3 is 6.09 Å². The van der Waals surface area contributed by atoms with Crippen LogP contribution in [0.5, 0.6) is 0 Å². The zero-order valence-corrected chi connectivity index (χ0v) is 12.3. The summed E-state index contributed by atoms with van der Waals surface area (Å²) >= 11 is 0. The highest BCUT2D eigenvalue weighted by Gasteiger charge is 2.26. The van der Waals surface area contributed by atoms with Crippen molar-refractivity contribution in [1.82, 2.24) is 10.2 Å². The average Bonchev–Trinajstić information content (AvgIpc) is 2.50. The first kappa shape index (κ1) is 16.2. The Morgan fingerprint density at radius 1 is 1.36 bits per heavy atom. The summed E-state index contributed by atoms with van der Waals surface area (Å²) in [5.74, 6) is -2.42. The van der Waals surface area contributed by atoms with Gasteiger partial charge in [-0.3, -0.25) is 4.79 Å². The number of alkyl carbamates (subject to hydrolysis) is 1. The van der Waals surface area contributed by atoms with Crippen molar-refractivity contribution in [1.29, 1.82) is 0 Å². The van der Waals surface area contributed by atoms with Crippen molar-refractivity contribution in [3.8, 4) is 0 Å². The van der Waals surface area contributed by atoms with Crippen LogP contribution in [0, 0.1) is 11.6 Å².